The van der Waals surface area contributed by atoms with Crippen LogP contribution in [-0.2, 0) is 17.8 Å². The Morgan fingerprint density at radius 2 is 1.96 bits per heavy atom. The van der Waals surface area contributed by atoms with E-state index >= 15 is 0 Å². The number of fused-ring (bicyclic) bond motifs is 1. The molecule has 0 spiro atoms. The van der Waals surface area contributed by atoms with E-state index in [1.807, 2.05) is 0 Å². The van der Waals surface area contributed by atoms with Crippen LogP contribution in [0, 0.1) is 5.82 Å². The first-order valence-electron chi connectivity index (χ1n) is 9.77. The Balaban J connectivity index is 1.29. The molecule has 2 aliphatic rings. The van der Waals surface area contributed by atoms with E-state index in [1.165, 1.54) is 23.3 Å². The quantitative estimate of drug-likeness (QED) is 0.856. The van der Waals surface area contributed by atoms with Crippen molar-refractivity contribution < 1.29 is 14.0 Å². The molecule has 4 rings (SSSR count). The van der Waals surface area contributed by atoms with Gasteiger partial charge in [-0.15, -0.1) is 0 Å². The SMILES string of the molecule is O=C1CCc2ccc(CN3CCC(NC(=O)c4cccc(F)c4)CC3)cc2N1. The van der Waals surface area contributed by atoms with Gasteiger partial charge in [0.25, 0.3) is 5.91 Å². The molecule has 0 aliphatic carbocycles. The van der Waals surface area contributed by atoms with Crippen molar-refractivity contribution in [2.45, 2.75) is 38.3 Å². The summed E-state index contributed by atoms with van der Waals surface area (Å²) >= 11 is 0. The molecule has 2 amide bonds. The number of piperidine rings is 1. The Bertz CT molecular complexity index is 891. The van der Waals surface area contributed by atoms with Crippen LogP contribution in [0.4, 0.5) is 10.1 Å². The van der Waals surface area contributed by atoms with Gasteiger partial charge in [-0.2, -0.15) is 0 Å². The van der Waals surface area contributed by atoms with Crippen molar-refractivity contribution in [3.63, 3.8) is 0 Å². The number of nitrogens with zero attached hydrogens (tertiary/aromatic N) is 1. The predicted molar refractivity (Wildman–Crippen MR) is 106 cm³/mol. The fourth-order valence-electron chi connectivity index (χ4n) is 3.91. The first kappa shape index (κ1) is 18.6. The molecule has 2 heterocycles. The Morgan fingerprint density at radius 1 is 1.14 bits per heavy atom. The third-order valence-electron chi connectivity index (χ3n) is 5.49. The Hall–Kier alpha value is -2.73. The second-order valence-electron chi connectivity index (χ2n) is 7.57. The van der Waals surface area contributed by atoms with Crippen LogP contribution in [0.2, 0.25) is 0 Å². The van der Waals surface area contributed by atoms with Gasteiger partial charge in [-0.1, -0.05) is 18.2 Å². The highest BCUT2D eigenvalue weighted by Gasteiger charge is 2.22. The number of likely N-dealkylation sites (tertiary alicyclic amines) is 1. The molecule has 146 valence electrons. The molecule has 1 fully saturated rings. The minimum atomic E-state index is -0.399. The number of amides is 2. The molecular formula is C22H24FN3O2. The van der Waals surface area contributed by atoms with Crippen LogP contribution in [0.15, 0.2) is 42.5 Å². The number of hydrogen-bond donors (Lipinski definition) is 2. The minimum Gasteiger partial charge on any atom is -0.349 e. The van der Waals surface area contributed by atoms with E-state index in [4.69, 9.17) is 0 Å². The molecule has 0 radical (unpaired) electrons. The van der Waals surface area contributed by atoms with Crippen molar-refractivity contribution in [1.82, 2.24) is 10.2 Å². The number of anilines is 1. The normalized spacial score (nSPS) is 17.7. The van der Waals surface area contributed by atoms with Crippen LogP contribution in [0.25, 0.3) is 0 Å². The lowest BCUT2D eigenvalue weighted by atomic mass is 9.99. The van der Waals surface area contributed by atoms with Gasteiger partial charge in [-0.05, 0) is 54.7 Å². The molecule has 1 saturated heterocycles. The third-order valence-corrected chi connectivity index (χ3v) is 5.49. The lowest BCUT2D eigenvalue weighted by molar-refractivity contribution is -0.116. The Kier molecular flexibility index (Phi) is 5.39. The van der Waals surface area contributed by atoms with Gasteiger partial charge in [0, 0.05) is 43.3 Å². The first-order valence-corrected chi connectivity index (χ1v) is 9.77. The average molecular weight is 381 g/mol. The van der Waals surface area contributed by atoms with Crippen molar-refractivity contribution in [2.75, 3.05) is 18.4 Å². The zero-order valence-electron chi connectivity index (χ0n) is 15.7. The van der Waals surface area contributed by atoms with E-state index in [1.54, 1.807) is 12.1 Å². The van der Waals surface area contributed by atoms with Crippen molar-refractivity contribution in [3.05, 3.63) is 65.0 Å². The summed E-state index contributed by atoms with van der Waals surface area (Å²) in [7, 11) is 0. The molecular weight excluding hydrogens is 357 g/mol. The molecule has 2 aromatic rings. The van der Waals surface area contributed by atoms with Crippen LogP contribution >= 0.6 is 0 Å². The highest BCUT2D eigenvalue weighted by Crippen LogP contribution is 2.25. The van der Waals surface area contributed by atoms with Crippen LogP contribution in [0.5, 0.6) is 0 Å². The zero-order valence-corrected chi connectivity index (χ0v) is 15.7. The fourth-order valence-corrected chi connectivity index (χ4v) is 3.91. The van der Waals surface area contributed by atoms with Gasteiger partial charge in [0.15, 0.2) is 0 Å². The Morgan fingerprint density at radius 3 is 2.75 bits per heavy atom. The topological polar surface area (TPSA) is 61.4 Å². The minimum absolute atomic E-state index is 0.0829. The van der Waals surface area contributed by atoms with Gasteiger partial charge in [-0.25, -0.2) is 4.39 Å². The van der Waals surface area contributed by atoms with Gasteiger partial charge in [0.1, 0.15) is 5.82 Å². The summed E-state index contributed by atoms with van der Waals surface area (Å²) in [6.07, 6.45) is 3.09. The van der Waals surface area contributed by atoms with Gasteiger partial charge in [-0.3, -0.25) is 14.5 Å². The van der Waals surface area contributed by atoms with Crippen LogP contribution < -0.4 is 10.6 Å². The summed E-state index contributed by atoms with van der Waals surface area (Å²) in [5.74, 6) is -0.536. The van der Waals surface area contributed by atoms with E-state index in [0.29, 0.717) is 12.0 Å². The molecule has 0 aromatic heterocycles. The number of hydrogen-bond acceptors (Lipinski definition) is 3. The molecule has 2 aliphatic heterocycles. The fraction of sp³-hybridized carbons (Fsp3) is 0.364. The molecule has 2 aromatic carbocycles. The summed E-state index contributed by atoms with van der Waals surface area (Å²) in [5, 5.41) is 5.97. The smallest absolute Gasteiger partial charge is 0.251 e. The van der Waals surface area contributed by atoms with Gasteiger partial charge in [0.05, 0.1) is 0 Å². The third kappa shape index (κ3) is 4.39. The maximum atomic E-state index is 13.3. The number of aryl methyl sites for hydroxylation is 1. The van der Waals surface area contributed by atoms with Crippen molar-refractivity contribution in [1.29, 1.82) is 0 Å². The maximum absolute atomic E-state index is 13.3. The van der Waals surface area contributed by atoms with Crippen LogP contribution in [0.3, 0.4) is 0 Å². The lowest BCUT2D eigenvalue weighted by Crippen LogP contribution is -2.44. The number of halogens is 1. The second kappa shape index (κ2) is 8.10. The highest BCUT2D eigenvalue weighted by molar-refractivity contribution is 5.94. The molecule has 2 N–H and O–H groups in total. The molecule has 0 saturated carbocycles. The number of carbonyl (C=O) groups excluding carboxylic acids is 2. The number of rotatable bonds is 4. The Labute approximate surface area is 163 Å². The van der Waals surface area contributed by atoms with E-state index in [2.05, 4.69) is 33.7 Å². The van der Waals surface area contributed by atoms with Crippen LogP contribution in [-0.4, -0.2) is 35.8 Å². The highest BCUT2D eigenvalue weighted by atomic mass is 19.1. The van der Waals surface area contributed by atoms with E-state index in [0.717, 1.165) is 44.6 Å². The summed E-state index contributed by atoms with van der Waals surface area (Å²) in [4.78, 5) is 26.2. The number of carbonyl (C=O) groups is 2. The monoisotopic (exact) mass is 381 g/mol. The lowest BCUT2D eigenvalue weighted by Gasteiger charge is -2.32. The van der Waals surface area contributed by atoms with Crippen molar-refractivity contribution in [3.8, 4) is 0 Å². The van der Waals surface area contributed by atoms with Gasteiger partial charge < -0.3 is 10.6 Å². The summed E-state index contributed by atoms with van der Waals surface area (Å²) in [6, 6.07) is 12.2. The second-order valence-corrected chi connectivity index (χ2v) is 7.57. The van der Waals surface area contributed by atoms with Gasteiger partial charge in [0.2, 0.25) is 5.91 Å². The molecule has 0 atom stereocenters. The molecule has 6 heteroatoms. The summed E-state index contributed by atoms with van der Waals surface area (Å²) < 4.78 is 13.3. The number of nitrogens with one attached hydrogen (secondary N) is 2. The maximum Gasteiger partial charge on any atom is 0.251 e. The van der Waals surface area contributed by atoms with Crippen LogP contribution in [0.1, 0.15) is 40.7 Å². The summed E-state index contributed by atoms with van der Waals surface area (Å²) in [6.45, 7) is 2.60. The summed E-state index contributed by atoms with van der Waals surface area (Å²) in [5.41, 5.74) is 3.68. The standard InChI is InChI=1S/C22H24FN3O2/c23-18-3-1-2-17(13-18)22(28)24-19-8-10-26(11-9-19)14-15-4-5-16-6-7-21(27)25-20(16)12-15/h1-5,12-13,19H,6-11,14H2,(H,24,28)(H,25,27). The van der Waals surface area contributed by atoms with E-state index in [-0.39, 0.29) is 17.9 Å². The molecule has 0 bridgehead atoms. The predicted octanol–water partition coefficient (Wildman–Crippen LogP) is 3.10. The largest absolute Gasteiger partial charge is 0.349 e. The average Bonchev–Trinajstić information content (AvgIpc) is 2.69. The first-order chi connectivity index (χ1) is 13.6. The molecule has 0 unspecified atom stereocenters. The zero-order chi connectivity index (χ0) is 19.5. The van der Waals surface area contributed by atoms with Gasteiger partial charge >= 0.3 is 0 Å². The number of benzene rings is 2. The van der Waals surface area contributed by atoms with E-state index < -0.39 is 5.82 Å². The van der Waals surface area contributed by atoms with Crippen molar-refractivity contribution in [2.24, 2.45) is 0 Å². The van der Waals surface area contributed by atoms with E-state index in [9.17, 15) is 14.0 Å². The molecule has 28 heavy (non-hydrogen) atoms. The molecule has 5 nitrogen and oxygen atoms in total. The van der Waals surface area contributed by atoms with Crippen molar-refractivity contribution >= 4 is 17.5 Å².